The van der Waals surface area contributed by atoms with Gasteiger partial charge in [-0.25, -0.2) is 8.78 Å². The second kappa shape index (κ2) is 5.80. The van der Waals surface area contributed by atoms with Crippen molar-refractivity contribution in [3.8, 4) is 5.75 Å². The number of rotatable bonds is 4. The molecule has 2 N–H and O–H groups in total. The Hall–Kier alpha value is -1.94. The Kier molecular flexibility index (Phi) is 4.12. The highest BCUT2D eigenvalue weighted by atomic mass is 19.1. The molecule has 2 aromatic carbocycles. The lowest BCUT2D eigenvalue weighted by Gasteiger charge is -2.14. The van der Waals surface area contributed by atoms with Gasteiger partial charge in [0.2, 0.25) is 0 Å². The average molecular weight is 263 g/mol. The van der Waals surface area contributed by atoms with Gasteiger partial charge in [-0.2, -0.15) is 0 Å². The van der Waals surface area contributed by atoms with E-state index in [1.165, 1.54) is 24.3 Å². The van der Waals surface area contributed by atoms with E-state index in [-0.39, 0.29) is 18.5 Å². The van der Waals surface area contributed by atoms with E-state index in [0.717, 1.165) is 5.56 Å². The van der Waals surface area contributed by atoms with Gasteiger partial charge >= 0.3 is 0 Å². The van der Waals surface area contributed by atoms with Gasteiger partial charge in [0.15, 0.2) is 0 Å². The van der Waals surface area contributed by atoms with Crippen LogP contribution in [0.1, 0.15) is 24.1 Å². The first-order chi connectivity index (χ1) is 9.06. The maximum Gasteiger partial charge on any atom is 0.127 e. The van der Waals surface area contributed by atoms with Gasteiger partial charge in [-0.1, -0.05) is 18.2 Å². The molecule has 0 unspecified atom stereocenters. The van der Waals surface area contributed by atoms with Crippen molar-refractivity contribution in [3.63, 3.8) is 0 Å². The zero-order chi connectivity index (χ0) is 13.8. The minimum atomic E-state index is -0.390. The third-order valence-corrected chi connectivity index (χ3v) is 2.75. The van der Waals surface area contributed by atoms with Crippen molar-refractivity contribution in [1.82, 2.24) is 0 Å². The molecular weight excluding hydrogens is 248 g/mol. The predicted octanol–water partition coefficient (Wildman–Crippen LogP) is 3.56. The summed E-state index contributed by atoms with van der Waals surface area (Å²) in [5.74, 6) is -0.328. The van der Waals surface area contributed by atoms with Crippen molar-refractivity contribution in [1.29, 1.82) is 0 Å². The molecule has 0 aliphatic rings. The second-order valence-corrected chi connectivity index (χ2v) is 4.39. The van der Waals surface area contributed by atoms with Gasteiger partial charge in [-0.15, -0.1) is 0 Å². The lowest BCUT2D eigenvalue weighted by molar-refractivity contribution is 0.299. The minimum Gasteiger partial charge on any atom is -0.488 e. The Morgan fingerprint density at radius 1 is 1.11 bits per heavy atom. The summed E-state index contributed by atoms with van der Waals surface area (Å²) in [5, 5.41) is 0. The number of ether oxygens (including phenoxy) is 1. The van der Waals surface area contributed by atoms with Crippen LogP contribution in [-0.4, -0.2) is 0 Å². The minimum absolute atomic E-state index is 0.168. The highest BCUT2D eigenvalue weighted by Gasteiger charge is 2.09. The standard InChI is InChI=1S/C15H15F2NO/c1-10(18)14-6-5-13(17)8-15(14)19-9-11-3-2-4-12(16)7-11/h2-8,10H,9,18H2,1H3/t10-/m1/s1. The molecule has 19 heavy (non-hydrogen) atoms. The van der Waals surface area contributed by atoms with E-state index in [0.29, 0.717) is 11.3 Å². The first-order valence-electron chi connectivity index (χ1n) is 5.98. The van der Waals surface area contributed by atoms with Gasteiger partial charge in [0.05, 0.1) is 0 Å². The zero-order valence-electron chi connectivity index (χ0n) is 10.6. The highest BCUT2D eigenvalue weighted by Crippen LogP contribution is 2.25. The predicted molar refractivity (Wildman–Crippen MR) is 69.7 cm³/mol. The summed E-state index contributed by atoms with van der Waals surface area (Å²) in [6.07, 6.45) is 0. The summed E-state index contributed by atoms with van der Waals surface area (Å²) >= 11 is 0. The molecule has 1 atom stereocenters. The Morgan fingerprint density at radius 3 is 2.53 bits per heavy atom. The zero-order valence-corrected chi connectivity index (χ0v) is 10.6. The van der Waals surface area contributed by atoms with Crippen LogP contribution >= 0.6 is 0 Å². The maximum atomic E-state index is 13.2. The molecule has 0 radical (unpaired) electrons. The Morgan fingerprint density at radius 2 is 1.84 bits per heavy atom. The number of benzene rings is 2. The Bertz CT molecular complexity index is 570. The van der Waals surface area contributed by atoms with Gasteiger partial charge < -0.3 is 10.5 Å². The molecule has 0 saturated heterocycles. The van der Waals surface area contributed by atoms with E-state index < -0.39 is 5.82 Å². The topological polar surface area (TPSA) is 35.2 Å². The van der Waals surface area contributed by atoms with E-state index in [9.17, 15) is 8.78 Å². The molecule has 2 aromatic rings. The summed E-state index contributed by atoms with van der Waals surface area (Å²) in [7, 11) is 0. The number of hydrogen-bond acceptors (Lipinski definition) is 2. The average Bonchev–Trinajstić information content (AvgIpc) is 2.36. The Labute approximate surface area is 110 Å². The van der Waals surface area contributed by atoms with Crippen molar-refractivity contribution in [2.45, 2.75) is 19.6 Å². The number of nitrogens with two attached hydrogens (primary N) is 1. The van der Waals surface area contributed by atoms with Crippen LogP contribution < -0.4 is 10.5 Å². The monoisotopic (exact) mass is 263 g/mol. The fraction of sp³-hybridized carbons (Fsp3) is 0.200. The largest absolute Gasteiger partial charge is 0.488 e. The van der Waals surface area contributed by atoms with Crippen LogP contribution in [0.3, 0.4) is 0 Å². The van der Waals surface area contributed by atoms with E-state index >= 15 is 0 Å². The molecule has 0 fully saturated rings. The van der Waals surface area contributed by atoms with E-state index in [1.54, 1.807) is 25.1 Å². The van der Waals surface area contributed by atoms with Gasteiger partial charge in [0.1, 0.15) is 24.0 Å². The van der Waals surface area contributed by atoms with E-state index in [1.807, 2.05) is 0 Å². The van der Waals surface area contributed by atoms with Crippen LogP contribution in [0.2, 0.25) is 0 Å². The quantitative estimate of drug-likeness (QED) is 0.915. The molecule has 0 saturated carbocycles. The normalized spacial score (nSPS) is 12.2. The number of hydrogen-bond donors (Lipinski definition) is 1. The molecule has 0 aliphatic carbocycles. The molecule has 2 nitrogen and oxygen atoms in total. The molecule has 4 heteroatoms. The summed E-state index contributed by atoms with van der Waals surface area (Å²) < 4.78 is 31.8. The van der Waals surface area contributed by atoms with Gasteiger partial charge in [0, 0.05) is 17.7 Å². The molecule has 0 heterocycles. The first-order valence-corrected chi connectivity index (χ1v) is 5.98. The molecule has 0 bridgehead atoms. The lowest BCUT2D eigenvalue weighted by Crippen LogP contribution is -2.08. The SMILES string of the molecule is C[C@@H](N)c1ccc(F)cc1OCc1cccc(F)c1. The van der Waals surface area contributed by atoms with Crippen LogP contribution in [0.25, 0.3) is 0 Å². The summed E-state index contributed by atoms with van der Waals surface area (Å²) in [6.45, 7) is 1.96. The van der Waals surface area contributed by atoms with Crippen LogP contribution in [0.15, 0.2) is 42.5 Å². The van der Waals surface area contributed by atoms with Crippen molar-refractivity contribution in [2.75, 3.05) is 0 Å². The van der Waals surface area contributed by atoms with Crippen LogP contribution in [0, 0.1) is 11.6 Å². The third kappa shape index (κ3) is 3.51. The van der Waals surface area contributed by atoms with Crippen molar-refractivity contribution in [2.24, 2.45) is 5.73 Å². The fourth-order valence-electron chi connectivity index (χ4n) is 1.80. The highest BCUT2D eigenvalue weighted by molar-refractivity contribution is 5.36. The smallest absolute Gasteiger partial charge is 0.127 e. The molecule has 2 rings (SSSR count). The molecule has 100 valence electrons. The molecule has 0 aliphatic heterocycles. The van der Waals surface area contributed by atoms with Crippen LogP contribution in [0.4, 0.5) is 8.78 Å². The van der Waals surface area contributed by atoms with E-state index in [4.69, 9.17) is 10.5 Å². The van der Waals surface area contributed by atoms with E-state index in [2.05, 4.69) is 0 Å². The van der Waals surface area contributed by atoms with Crippen molar-refractivity contribution < 1.29 is 13.5 Å². The second-order valence-electron chi connectivity index (χ2n) is 4.39. The van der Waals surface area contributed by atoms with Gasteiger partial charge in [0.25, 0.3) is 0 Å². The summed E-state index contributed by atoms with van der Waals surface area (Å²) in [6, 6.07) is 10.1. The molecular formula is C15H15F2NO. The van der Waals surface area contributed by atoms with Gasteiger partial charge in [-0.05, 0) is 30.7 Å². The number of halogens is 2. The first kappa shape index (κ1) is 13.5. The maximum absolute atomic E-state index is 13.2. The fourth-order valence-corrected chi connectivity index (χ4v) is 1.80. The van der Waals surface area contributed by atoms with Crippen LogP contribution in [-0.2, 0) is 6.61 Å². The summed E-state index contributed by atoms with van der Waals surface area (Å²) in [4.78, 5) is 0. The summed E-state index contributed by atoms with van der Waals surface area (Å²) in [5.41, 5.74) is 7.20. The molecule has 0 amide bonds. The van der Waals surface area contributed by atoms with Crippen LogP contribution in [0.5, 0.6) is 5.75 Å². The van der Waals surface area contributed by atoms with Crippen molar-refractivity contribution >= 4 is 0 Å². The third-order valence-electron chi connectivity index (χ3n) is 2.75. The molecule has 0 aromatic heterocycles. The molecule has 0 spiro atoms. The van der Waals surface area contributed by atoms with Gasteiger partial charge in [-0.3, -0.25) is 0 Å². The van der Waals surface area contributed by atoms with Crippen molar-refractivity contribution in [3.05, 3.63) is 65.2 Å². The lowest BCUT2D eigenvalue weighted by atomic mass is 10.1. The Balaban J connectivity index is 2.17.